The van der Waals surface area contributed by atoms with Gasteiger partial charge >= 0.3 is 0 Å². The first kappa shape index (κ1) is 9.61. The number of rotatable bonds is 3. The molecule has 2 heterocycles. The molecule has 2 aromatic heterocycles. The standard InChI is InChI=1S/C9H14N4S/c1-6(2)3-8-11-12-9-13(8)7(4-10)5-14-9/h5-6H,3-4,10H2,1-2H3. The maximum Gasteiger partial charge on any atom is 0.216 e. The van der Waals surface area contributed by atoms with Gasteiger partial charge in [0.15, 0.2) is 0 Å². The van der Waals surface area contributed by atoms with Crippen molar-refractivity contribution in [1.82, 2.24) is 14.6 Å². The number of fused-ring (bicyclic) bond motifs is 1. The van der Waals surface area contributed by atoms with Crippen LogP contribution in [0.1, 0.15) is 25.4 Å². The summed E-state index contributed by atoms with van der Waals surface area (Å²) in [5, 5.41) is 10.3. The highest BCUT2D eigenvalue weighted by Crippen LogP contribution is 2.17. The van der Waals surface area contributed by atoms with E-state index in [-0.39, 0.29) is 0 Å². The smallest absolute Gasteiger partial charge is 0.216 e. The Kier molecular flexibility index (Phi) is 2.52. The lowest BCUT2D eigenvalue weighted by Crippen LogP contribution is -2.05. The number of aromatic nitrogens is 3. The molecule has 0 aromatic carbocycles. The third-order valence-corrected chi connectivity index (χ3v) is 2.95. The molecule has 5 heteroatoms. The van der Waals surface area contributed by atoms with Crippen LogP contribution in [0.3, 0.4) is 0 Å². The maximum absolute atomic E-state index is 5.65. The SMILES string of the molecule is CC(C)Cc1nnc2scc(CN)n12. The molecule has 14 heavy (non-hydrogen) atoms. The van der Waals surface area contributed by atoms with Gasteiger partial charge in [0.2, 0.25) is 4.96 Å². The van der Waals surface area contributed by atoms with Crippen molar-refractivity contribution < 1.29 is 0 Å². The van der Waals surface area contributed by atoms with Crippen LogP contribution in [0, 0.1) is 5.92 Å². The van der Waals surface area contributed by atoms with Gasteiger partial charge in [0, 0.05) is 18.3 Å². The Labute approximate surface area is 86.8 Å². The van der Waals surface area contributed by atoms with Crippen LogP contribution in [0.5, 0.6) is 0 Å². The normalized spacial score (nSPS) is 11.7. The molecule has 0 aliphatic carbocycles. The van der Waals surface area contributed by atoms with Gasteiger partial charge in [0.05, 0.1) is 5.69 Å². The lowest BCUT2D eigenvalue weighted by Gasteiger charge is -2.02. The lowest BCUT2D eigenvalue weighted by molar-refractivity contribution is 0.613. The van der Waals surface area contributed by atoms with Gasteiger partial charge in [-0.2, -0.15) is 0 Å². The average molecular weight is 210 g/mol. The van der Waals surface area contributed by atoms with Gasteiger partial charge in [0.25, 0.3) is 0 Å². The van der Waals surface area contributed by atoms with Crippen LogP contribution in [0.2, 0.25) is 0 Å². The van der Waals surface area contributed by atoms with Gasteiger partial charge < -0.3 is 5.73 Å². The van der Waals surface area contributed by atoms with Crippen LogP contribution in [-0.4, -0.2) is 14.6 Å². The fourth-order valence-electron chi connectivity index (χ4n) is 1.48. The number of hydrogen-bond acceptors (Lipinski definition) is 4. The van der Waals surface area contributed by atoms with Gasteiger partial charge in [-0.3, -0.25) is 4.40 Å². The molecule has 0 amide bonds. The van der Waals surface area contributed by atoms with Gasteiger partial charge in [-0.15, -0.1) is 21.5 Å². The van der Waals surface area contributed by atoms with Crippen molar-refractivity contribution in [3.63, 3.8) is 0 Å². The van der Waals surface area contributed by atoms with Crippen molar-refractivity contribution in [2.75, 3.05) is 0 Å². The maximum atomic E-state index is 5.65. The molecule has 2 rings (SSSR count). The predicted molar refractivity (Wildman–Crippen MR) is 57.3 cm³/mol. The summed E-state index contributed by atoms with van der Waals surface area (Å²) in [6.45, 7) is 4.90. The van der Waals surface area contributed by atoms with Crippen molar-refractivity contribution in [3.8, 4) is 0 Å². The number of nitrogens with zero attached hydrogens (tertiary/aromatic N) is 3. The van der Waals surface area contributed by atoms with Gasteiger partial charge in [0.1, 0.15) is 5.82 Å². The summed E-state index contributed by atoms with van der Waals surface area (Å²) >= 11 is 1.60. The summed E-state index contributed by atoms with van der Waals surface area (Å²) < 4.78 is 2.07. The van der Waals surface area contributed by atoms with Crippen molar-refractivity contribution >= 4 is 16.3 Å². The highest BCUT2D eigenvalue weighted by atomic mass is 32.1. The third-order valence-electron chi connectivity index (χ3n) is 2.09. The van der Waals surface area contributed by atoms with E-state index in [1.807, 2.05) is 5.38 Å². The zero-order valence-corrected chi connectivity index (χ0v) is 9.21. The topological polar surface area (TPSA) is 56.2 Å². The van der Waals surface area contributed by atoms with Crippen molar-refractivity contribution in [2.45, 2.75) is 26.8 Å². The molecular formula is C9H14N4S. The molecule has 0 fully saturated rings. The minimum absolute atomic E-state index is 0.545. The lowest BCUT2D eigenvalue weighted by atomic mass is 10.1. The molecule has 0 aliphatic heterocycles. The Balaban J connectivity index is 2.48. The van der Waals surface area contributed by atoms with Crippen LogP contribution < -0.4 is 5.73 Å². The van der Waals surface area contributed by atoms with Crippen LogP contribution in [0.15, 0.2) is 5.38 Å². The van der Waals surface area contributed by atoms with E-state index in [2.05, 4.69) is 28.4 Å². The van der Waals surface area contributed by atoms with E-state index in [9.17, 15) is 0 Å². The number of thiazole rings is 1. The Bertz CT molecular complexity index is 429. The minimum atomic E-state index is 0.545. The molecule has 0 bridgehead atoms. The molecule has 2 N–H and O–H groups in total. The van der Waals surface area contributed by atoms with Crippen LogP contribution in [0.4, 0.5) is 0 Å². The molecule has 0 unspecified atom stereocenters. The molecule has 0 spiro atoms. The van der Waals surface area contributed by atoms with Gasteiger partial charge in [-0.05, 0) is 5.92 Å². The molecular weight excluding hydrogens is 196 g/mol. The van der Waals surface area contributed by atoms with E-state index in [1.54, 1.807) is 11.3 Å². The first-order chi connectivity index (χ1) is 6.72. The van der Waals surface area contributed by atoms with Crippen LogP contribution >= 0.6 is 11.3 Å². The van der Waals surface area contributed by atoms with Crippen LogP contribution in [0.25, 0.3) is 4.96 Å². The molecule has 0 atom stereocenters. The molecule has 0 radical (unpaired) electrons. The second-order valence-corrected chi connectivity index (χ2v) is 4.60. The fraction of sp³-hybridized carbons (Fsp3) is 0.556. The summed E-state index contributed by atoms with van der Waals surface area (Å²) in [7, 11) is 0. The Morgan fingerprint density at radius 1 is 1.50 bits per heavy atom. The van der Waals surface area contributed by atoms with Crippen molar-refractivity contribution in [3.05, 3.63) is 16.9 Å². The summed E-state index contributed by atoms with van der Waals surface area (Å²) in [5.41, 5.74) is 6.75. The molecule has 2 aromatic rings. The van der Waals surface area contributed by atoms with Crippen LogP contribution in [-0.2, 0) is 13.0 Å². The first-order valence-electron chi connectivity index (χ1n) is 4.72. The van der Waals surface area contributed by atoms with E-state index < -0.39 is 0 Å². The summed E-state index contributed by atoms with van der Waals surface area (Å²) in [5.74, 6) is 1.62. The summed E-state index contributed by atoms with van der Waals surface area (Å²) in [6, 6.07) is 0. The predicted octanol–water partition coefficient (Wildman–Crippen LogP) is 1.45. The quantitative estimate of drug-likeness (QED) is 0.834. The molecule has 0 aliphatic rings. The third kappa shape index (κ3) is 1.53. The molecule has 0 saturated carbocycles. The van der Waals surface area contributed by atoms with Crippen molar-refractivity contribution in [2.24, 2.45) is 11.7 Å². The Morgan fingerprint density at radius 3 is 2.93 bits per heavy atom. The minimum Gasteiger partial charge on any atom is -0.325 e. The highest BCUT2D eigenvalue weighted by molar-refractivity contribution is 7.15. The second-order valence-electron chi connectivity index (χ2n) is 3.76. The average Bonchev–Trinajstić information content (AvgIpc) is 2.67. The number of nitrogens with two attached hydrogens (primary N) is 1. The zero-order valence-electron chi connectivity index (χ0n) is 8.40. The highest BCUT2D eigenvalue weighted by Gasteiger charge is 2.11. The molecule has 0 saturated heterocycles. The monoisotopic (exact) mass is 210 g/mol. The van der Waals surface area contributed by atoms with Crippen molar-refractivity contribution in [1.29, 1.82) is 0 Å². The fourth-order valence-corrected chi connectivity index (χ4v) is 2.33. The van der Waals surface area contributed by atoms with Gasteiger partial charge in [-0.1, -0.05) is 13.8 Å². The largest absolute Gasteiger partial charge is 0.325 e. The summed E-state index contributed by atoms with van der Waals surface area (Å²) in [6.07, 6.45) is 0.949. The second kappa shape index (κ2) is 3.67. The Hall–Kier alpha value is -0.940. The number of hydrogen-bond donors (Lipinski definition) is 1. The molecule has 4 nitrogen and oxygen atoms in total. The van der Waals surface area contributed by atoms with E-state index in [1.165, 1.54) is 0 Å². The molecule has 76 valence electrons. The van der Waals surface area contributed by atoms with E-state index in [0.717, 1.165) is 22.9 Å². The Morgan fingerprint density at radius 2 is 2.29 bits per heavy atom. The zero-order chi connectivity index (χ0) is 10.1. The van der Waals surface area contributed by atoms with E-state index >= 15 is 0 Å². The van der Waals surface area contributed by atoms with E-state index in [0.29, 0.717) is 12.5 Å². The van der Waals surface area contributed by atoms with Gasteiger partial charge in [-0.25, -0.2) is 0 Å². The van der Waals surface area contributed by atoms with E-state index in [4.69, 9.17) is 5.73 Å². The summed E-state index contributed by atoms with van der Waals surface area (Å²) in [4.78, 5) is 0.945. The first-order valence-corrected chi connectivity index (χ1v) is 5.60.